The van der Waals surface area contributed by atoms with Crippen LogP contribution in [0.15, 0.2) is 0 Å². The maximum absolute atomic E-state index is 10.7. The Kier molecular flexibility index (Phi) is 3.83. The first kappa shape index (κ1) is 13.0. The second-order valence-corrected chi connectivity index (χ2v) is 5.80. The molecular formula is C13H27NO. The average Bonchev–Trinajstić information content (AvgIpc) is 2.62. The molecule has 0 aromatic heterocycles. The van der Waals surface area contributed by atoms with Crippen molar-refractivity contribution in [2.75, 3.05) is 6.54 Å². The summed E-state index contributed by atoms with van der Waals surface area (Å²) in [7, 11) is 0. The van der Waals surface area contributed by atoms with Crippen LogP contribution in [0.5, 0.6) is 0 Å². The summed E-state index contributed by atoms with van der Waals surface area (Å²) in [4.78, 5) is 0. The third-order valence-corrected chi connectivity index (χ3v) is 4.88. The first-order chi connectivity index (χ1) is 6.89. The summed E-state index contributed by atoms with van der Waals surface area (Å²) in [6, 6.07) is 0. The molecule has 0 aromatic carbocycles. The van der Waals surface area contributed by atoms with Gasteiger partial charge in [-0.15, -0.1) is 0 Å². The summed E-state index contributed by atoms with van der Waals surface area (Å²) in [6.07, 6.45) is 4.64. The number of aliphatic hydroxyl groups is 1. The quantitative estimate of drug-likeness (QED) is 0.754. The van der Waals surface area contributed by atoms with Crippen LogP contribution in [0.3, 0.4) is 0 Å². The van der Waals surface area contributed by atoms with Gasteiger partial charge in [0.05, 0.1) is 5.60 Å². The van der Waals surface area contributed by atoms with E-state index in [1.165, 1.54) is 12.8 Å². The molecule has 0 bridgehead atoms. The molecule has 0 amide bonds. The van der Waals surface area contributed by atoms with E-state index in [0.717, 1.165) is 18.8 Å². The maximum Gasteiger partial charge on any atom is 0.0710 e. The molecule has 0 saturated heterocycles. The molecule has 1 saturated carbocycles. The van der Waals surface area contributed by atoms with Crippen molar-refractivity contribution in [2.24, 2.45) is 23.0 Å². The van der Waals surface area contributed by atoms with Gasteiger partial charge in [0, 0.05) is 12.0 Å². The minimum absolute atomic E-state index is 0.0398. The number of hydrogen-bond donors (Lipinski definition) is 2. The van der Waals surface area contributed by atoms with Crippen LogP contribution >= 0.6 is 0 Å². The van der Waals surface area contributed by atoms with Crippen LogP contribution < -0.4 is 5.73 Å². The normalized spacial score (nSPS) is 35.8. The van der Waals surface area contributed by atoms with Gasteiger partial charge in [0.25, 0.3) is 0 Å². The van der Waals surface area contributed by atoms with Crippen LogP contribution in [0.2, 0.25) is 0 Å². The molecule has 3 atom stereocenters. The third kappa shape index (κ3) is 2.07. The van der Waals surface area contributed by atoms with E-state index >= 15 is 0 Å². The Hall–Kier alpha value is -0.0800. The van der Waals surface area contributed by atoms with Gasteiger partial charge >= 0.3 is 0 Å². The molecule has 90 valence electrons. The van der Waals surface area contributed by atoms with E-state index in [-0.39, 0.29) is 11.3 Å². The van der Waals surface area contributed by atoms with Crippen molar-refractivity contribution in [1.29, 1.82) is 0 Å². The van der Waals surface area contributed by atoms with Crippen molar-refractivity contribution in [1.82, 2.24) is 0 Å². The summed E-state index contributed by atoms with van der Waals surface area (Å²) in [6.45, 7) is 9.02. The van der Waals surface area contributed by atoms with Crippen LogP contribution in [-0.4, -0.2) is 17.3 Å². The maximum atomic E-state index is 10.7. The molecule has 1 aliphatic carbocycles. The summed E-state index contributed by atoms with van der Waals surface area (Å²) in [5, 5.41) is 10.7. The topological polar surface area (TPSA) is 46.2 Å². The fraction of sp³-hybridized carbons (Fsp3) is 1.00. The van der Waals surface area contributed by atoms with Crippen molar-refractivity contribution in [3.8, 4) is 0 Å². The Morgan fingerprint density at radius 3 is 2.47 bits per heavy atom. The minimum Gasteiger partial charge on any atom is -0.389 e. The fourth-order valence-electron chi connectivity index (χ4n) is 3.05. The standard InChI is InChI=1S/C13H27NO/c1-5-11-6-7-13(8-11,9-14)12(4,15)10(2)3/h10-11,15H,5-9,14H2,1-4H3. The van der Waals surface area contributed by atoms with Gasteiger partial charge in [0.1, 0.15) is 0 Å². The molecule has 0 radical (unpaired) electrons. The Morgan fingerprint density at radius 2 is 2.13 bits per heavy atom. The molecule has 0 spiro atoms. The predicted octanol–water partition coefficient (Wildman–Crippen LogP) is 2.55. The summed E-state index contributed by atoms with van der Waals surface area (Å²) in [5.74, 6) is 1.04. The molecule has 3 unspecified atom stereocenters. The van der Waals surface area contributed by atoms with Crippen molar-refractivity contribution in [3.63, 3.8) is 0 Å². The second-order valence-electron chi connectivity index (χ2n) is 5.80. The van der Waals surface area contributed by atoms with E-state index in [2.05, 4.69) is 20.8 Å². The zero-order chi connectivity index (χ0) is 11.7. The lowest BCUT2D eigenvalue weighted by Crippen LogP contribution is -2.52. The van der Waals surface area contributed by atoms with E-state index < -0.39 is 5.60 Å². The first-order valence-corrected chi connectivity index (χ1v) is 6.32. The Bertz CT molecular complexity index is 213. The van der Waals surface area contributed by atoms with E-state index in [1.54, 1.807) is 0 Å². The predicted molar refractivity (Wildman–Crippen MR) is 64.6 cm³/mol. The molecule has 1 rings (SSSR count). The lowest BCUT2D eigenvalue weighted by Gasteiger charge is -2.45. The number of rotatable bonds is 4. The summed E-state index contributed by atoms with van der Waals surface area (Å²) >= 11 is 0. The molecule has 0 aromatic rings. The zero-order valence-corrected chi connectivity index (χ0v) is 10.7. The van der Waals surface area contributed by atoms with Gasteiger partial charge < -0.3 is 10.8 Å². The van der Waals surface area contributed by atoms with Gasteiger partial charge in [-0.2, -0.15) is 0 Å². The van der Waals surface area contributed by atoms with Gasteiger partial charge in [0.15, 0.2) is 0 Å². The van der Waals surface area contributed by atoms with Crippen molar-refractivity contribution in [2.45, 2.75) is 59.0 Å². The Labute approximate surface area is 94.2 Å². The van der Waals surface area contributed by atoms with Gasteiger partial charge in [-0.25, -0.2) is 0 Å². The lowest BCUT2D eigenvalue weighted by molar-refractivity contribution is -0.0992. The highest BCUT2D eigenvalue weighted by Crippen LogP contribution is 2.51. The van der Waals surface area contributed by atoms with Crippen LogP contribution in [-0.2, 0) is 0 Å². The van der Waals surface area contributed by atoms with Crippen LogP contribution in [0.4, 0.5) is 0 Å². The van der Waals surface area contributed by atoms with Crippen LogP contribution in [0, 0.1) is 17.3 Å². The highest BCUT2D eigenvalue weighted by Gasteiger charge is 2.51. The van der Waals surface area contributed by atoms with Gasteiger partial charge in [-0.3, -0.25) is 0 Å². The second kappa shape index (κ2) is 4.42. The van der Waals surface area contributed by atoms with E-state index in [9.17, 15) is 5.11 Å². The molecule has 2 heteroatoms. The molecule has 15 heavy (non-hydrogen) atoms. The van der Waals surface area contributed by atoms with Crippen LogP contribution in [0.25, 0.3) is 0 Å². The first-order valence-electron chi connectivity index (χ1n) is 6.32. The van der Waals surface area contributed by atoms with Crippen molar-refractivity contribution < 1.29 is 5.11 Å². The monoisotopic (exact) mass is 213 g/mol. The lowest BCUT2D eigenvalue weighted by atomic mass is 9.66. The highest BCUT2D eigenvalue weighted by atomic mass is 16.3. The largest absolute Gasteiger partial charge is 0.389 e. The van der Waals surface area contributed by atoms with Crippen LogP contribution in [0.1, 0.15) is 53.4 Å². The average molecular weight is 213 g/mol. The van der Waals surface area contributed by atoms with Gasteiger partial charge in [-0.1, -0.05) is 27.2 Å². The van der Waals surface area contributed by atoms with Gasteiger partial charge in [-0.05, 0) is 38.0 Å². The summed E-state index contributed by atoms with van der Waals surface area (Å²) < 4.78 is 0. The molecule has 3 N–H and O–H groups in total. The van der Waals surface area contributed by atoms with Gasteiger partial charge in [0.2, 0.25) is 0 Å². The Morgan fingerprint density at radius 1 is 1.53 bits per heavy atom. The minimum atomic E-state index is -0.619. The molecule has 0 heterocycles. The van der Waals surface area contributed by atoms with Crippen molar-refractivity contribution in [3.05, 3.63) is 0 Å². The highest BCUT2D eigenvalue weighted by molar-refractivity contribution is 5.03. The van der Waals surface area contributed by atoms with Crippen molar-refractivity contribution >= 4 is 0 Å². The zero-order valence-electron chi connectivity index (χ0n) is 10.7. The van der Waals surface area contributed by atoms with E-state index in [4.69, 9.17) is 5.73 Å². The Balaban J connectivity index is 2.87. The molecule has 1 aliphatic rings. The van der Waals surface area contributed by atoms with E-state index in [1.807, 2.05) is 6.92 Å². The fourth-order valence-corrected chi connectivity index (χ4v) is 3.05. The summed E-state index contributed by atoms with van der Waals surface area (Å²) in [5.41, 5.74) is 5.29. The number of nitrogens with two attached hydrogens (primary N) is 1. The smallest absolute Gasteiger partial charge is 0.0710 e. The molecule has 0 aliphatic heterocycles. The molecule has 2 nitrogen and oxygen atoms in total. The molecule has 1 fully saturated rings. The molecular weight excluding hydrogens is 186 g/mol. The number of hydrogen-bond acceptors (Lipinski definition) is 2. The third-order valence-electron chi connectivity index (χ3n) is 4.88. The van der Waals surface area contributed by atoms with E-state index in [0.29, 0.717) is 6.54 Å². The SMILES string of the molecule is CCC1CCC(CN)(C(C)(O)C(C)C)C1.